The van der Waals surface area contributed by atoms with Crippen LogP contribution >= 0.6 is 0 Å². The number of likely N-dealkylation sites (tertiary alicyclic amines) is 1. The van der Waals surface area contributed by atoms with Crippen molar-refractivity contribution in [2.75, 3.05) is 39.2 Å². The Morgan fingerprint density at radius 2 is 1.93 bits per heavy atom. The Kier molecular flexibility index (Phi) is 6.49. The lowest BCUT2D eigenvalue weighted by Crippen LogP contribution is -2.38. The number of carbonyl (C=O) groups is 1. The zero-order valence-corrected chi connectivity index (χ0v) is 15.8. The predicted octanol–water partition coefficient (Wildman–Crippen LogP) is 3.06. The molecule has 1 aromatic heterocycles. The van der Waals surface area contributed by atoms with Crippen LogP contribution in [-0.4, -0.2) is 49.8 Å². The van der Waals surface area contributed by atoms with Crippen molar-refractivity contribution in [2.24, 2.45) is 0 Å². The van der Waals surface area contributed by atoms with Crippen molar-refractivity contribution in [3.05, 3.63) is 48.2 Å². The number of amides is 2. The molecule has 7 heteroatoms. The van der Waals surface area contributed by atoms with Crippen LogP contribution in [0, 0.1) is 0 Å². The molecule has 7 nitrogen and oxygen atoms in total. The summed E-state index contributed by atoms with van der Waals surface area (Å²) in [6, 6.07) is 11.2. The van der Waals surface area contributed by atoms with Crippen LogP contribution in [0.3, 0.4) is 0 Å². The second-order valence-electron chi connectivity index (χ2n) is 6.40. The molecular formula is C20H26N4O3. The first kappa shape index (κ1) is 19.0. The predicted molar refractivity (Wildman–Crippen MR) is 104 cm³/mol. The Morgan fingerprint density at radius 3 is 2.67 bits per heavy atom. The number of methoxy groups -OCH3 is 2. The normalized spacial score (nSPS) is 15.2. The molecule has 2 aromatic rings. The van der Waals surface area contributed by atoms with Gasteiger partial charge in [-0.1, -0.05) is 18.2 Å². The standard InChI is InChI=1S/C20H26N4O3/c1-26-18-10-4-3-8-15(18)17(24-12-5-6-13-24)14-22-20(25)23-16-9-7-11-21-19(16)27-2/h3-4,7-11,17H,5-6,12-14H2,1-2H3,(H2,22,23,25). The summed E-state index contributed by atoms with van der Waals surface area (Å²) in [7, 11) is 3.20. The zero-order valence-electron chi connectivity index (χ0n) is 15.8. The molecule has 0 spiro atoms. The van der Waals surface area contributed by atoms with Gasteiger partial charge in [-0.3, -0.25) is 4.90 Å². The smallest absolute Gasteiger partial charge is 0.319 e. The summed E-state index contributed by atoms with van der Waals surface area (Å²) in [5.74, 6) is 1.22. The number of rotatable bonds is 7. The lowest BCUT2D eigenvalue weighted by atomic mass is 10.0. The SMILES string of the molecule is COc1ccccc1C(CNC(=O)Nc1cccnc1OC)N1CCCC1. The van der Waals surface area contributed by atoms with Crippen LogP contribution in [0.15, 0.2) is 42.6 Å². The number of nitrogens with zero attached hydrogens (tertiary/aromatic N) is 2. The number of ether oxygens (including phenoxy) is 2. The number of para-hydroxylation sites is 1. The third-order valence-corrected chi connectivity index (χ3v) is 4.75. The molecule has 144 valence electrons. The molecule has 2 amide bonds. The first-order valence-electron chi connectivity index (χ1n) is 9.13. The molecule has 0 radical (unpaired) electrons. The average Bonchev–Trinajstić information content (AvgIpc) is 3.23. The number of anilines is 1. The molecule has 1 aliphatic rings. The molecule has 27 heavy (non-hydrogen) atoms. The Morgan fingerprint density at radius 1 is 1.15 bits per heavy atom. The van der Waals surface area contributed by atoms with E-state index in [0.29, 0.717) is 18.1 Å². The number of aromatic nitrogens is 1. The van der Waals surface area contributed by atoms with Crippen molar-refractivity contribution in [3.8, 4) is 11.6 Å². The quantitative estimate of drug-likeness (QED) is 0.783. The summed E-state index contributed by atoms with van der Waals surface area (Å²) >= 11 is 0. The summed E-state index contributed by atoms with van der Waals surface area (Å²) in [5, 5.41) is 5.78. The number of benzene rings is 1. The van der Waals surface area contributed by atoms with Gasteiger partial charge in [0.15, 0.2) is 0 Å². The summed E-state index contributed by atoms with van der Waals surface area (Å²) in [5.41, 5.74) is 1.62. The van der Waals surface area contributed by atoms with Gasteiger partial charge in [-0.05, 0) is 44.1 Å². The number of carbonyl (C=O) groups excluding carboxylic acids is 1. The first-order chi connectivity index (χ1) is 13.2. The van der Waals surface area contributed by atoms with Crippen LogP contribution in [0.4, 0.5) is 10.5 Å². The number of hydrogen-bond donors (Lipinski definition) is 2. The summed E-state index contributed by atoms with van der Waals surface area (Å²) in [4.78, 5) is 18.9. The maximum absolute atomic E-state index is 12.4. The van der Waals surface area contributed by atoms with Crippen molar-refractivity contribution in [3.63, 3.8) is 0 Å². The Balaban J connectivity index is 1.70. The highest BCUT2D eigenvalue weighted by atomic mass is 16.5. The summed E-state index contributed by atoms with van der Waals surface area (Å²) in [6.45, 7) is 2.51. The Bertz CT molecular complexity index is 762. The van der Waals surface area contributed by atoms with Gasteiger partial charge in [-0.2, -0.15) is 0 Å². The third-order valence-electron chi connectivity index (χ3n) is 4.75. The molecule has 1 aromatic carbocycles. The fraction of sp³-hybridized carbons (Fsp3) is 0.400. The minimum Gasteiger partial charge on any atom is -0.496 e. The van der Waals surface area contributed by atoms with E-state index in [1.807, 2.05) is 18.2 Å². The van der Waals surface area contributed by atoms with E-state index >= 15 is 0 Å². The third kappa shape index (κ3) is 4.68. The molecule has 2 N–H and O–H groups in total. The summed E-state index contributed by atoms with van der Waals surface area (Å²) in [6.07, 6.45) is 3.96. The van der Waals surface area contributed by atoms with E-state index in [9.17, 15) is 4.79 Å². The molecule has 0 saturated carbocycles. The van der Waals surface area contributed by atoms with Gasteiger partial charge < -0.3 is 20.1 Å². The molecule has 3 rings (SSSR count). The largest absolute Gasteiger partial charge is 0.496 e. The first-order valence-corrected chi connectivity index (χ1v) is 9.13. The van der Waals surface area contributed by atoms with Gasteiger partial charge in [-0.25, -0.2) is 9.78 Å². The monoisotopic (exact) mass is 370 g/mol. The van der Waals surface area contributed by atoms with Crippen molar-refractivity contribution < 1.29 is 14.3 Å². The highest BCUT2D eigenvalue weighted by molar-refractivity contribution is 5.90. The molecule has 1 fully saturated rings. The van der Waals surface area contributed by atoms with Crippen LogP contribution in [0.1, 0.15) is 24.4 Å². The van der Waals surface area contributed by atoms with Crippen LogP contribution in [0.5, 0.6) is 11.6 Å². The maximum atomic E-state index is 12.4. The van der Waals surface area contributed by atoms with Gasteiger partial charge in [0, 0.05) is 18.3 Å². The fourth-order valence-corrected chi connectivity index (χ4v) is 3.44. The molecule has 1 atom stereocenters. The lowest BCUT2D eigenvalue weighted by Gasteiger charge is -2.29. The summed E-state index contributed by atoms with van der Waals surface area (Å²) < 4.78 is 10.7. The number of pyridine rings is 1. The van der Waals surface area contributed by atoms with Crippen molar-refractivity contribution in [2.45, 2.75) is 18.9 Å². The maximum Gasteiger partial charge on any atom is 0.319 e. The van der Waals surface area contributed by atoms with Crippen molar-refractivity contribution in [1.82, 2.24) is 15.2 Å². The minimum absolute atomic E-state index is 0.0604. The zero-order chi connectivity index (χ0) is 19.1. The van der Waals surface area contributed by atoms with Gasteiger partial charge in [0.25, 0.3) is 0 Å². The van der Waals surface area contributed by atoms with Crippen LogP contribution in [0.25, 0.3) is 0 Å². The molecule has 1 unspecified atom stereocenters. The van der Waals surface area contributed by atoms with E-state index in [1.165, 1.54) is 20.0 Å². The topological polar surface area (TPSA) is 75.7 Å². The van der Waals surface area contributed by atoms with E-state index in [-0.39, 0.29) is 12.1 Å². The number of urea groups is 1. The van der Waals surface area contributed by atoms with Crippen molar-refractivity contribution >= 4 is 11.7 Å². The molecule has 2 heterocycles. The van der Waals surface area contributed by atoms with Gasteiger partial charge in [0.2, 0.25) is 5.88 Å². The second kappa shape index (κ2) is 9.23. The van der Waals surface area contributed by atoms with Crippen LogP contribution in [0.2, 0.25) is 0 Å². The van der Waals surface area contributed by atoms with Crippen LogP contribution < -0.4 is 20.1 Å². The Hall–Kier alpha value is -2.80. The van der Waals surface area contributed by atoms with Gasteiger partial charge in [-0.15, -0.1) is 0 Å². The van der Waals surface area contributed by atoms with E-state index in [2.05, 4.69) is 26.6 Å². The highest BCUT2D eigenvalue weighted by Crippen LogP contribution is 2.31. The molecule has 1 saturated heterocycles. The highest BCUT2D eigenvalue weighted by Gasteiger charge is 2.26. The second-order valence-corrected chi connectivity index (χ2v) is 6.40. The van der Waals surface area contributed by atoms with E-state index in [4.69, 9.17) is 9.47 Å². The van der Waals surface area contributed by atoms with Gasteiger partial charge >= 0.3 is 6.03 Å². The molecule has 0 aliphatic carbocycles. The molecule has 0 bridgehead atoms. The molecule has 1 aliphatic heterocycles. The van der Waals surface area contributed by atoms with E-state index < -0.39 is 0 Å². The average molecular weight is 370 g/mol. The van der Waals surface area contributed by atoms with E-state index in [1.54, 1.807) is 25.4 Å². The molecular weight excluding hydrogens is 344 g/mol. The lowest BCUT2D eigenvalue weighted by molar-refractivity contribution is 0.224. The number of nitrogens with one attached hydrogen (secondary N) is 2. The van der Waals surface area contributed by atoms with Gasteiger partial charge in [0.05, 0.1) is 20.3 Å². The van der Waals surface area contributed by atoms with Crippen molar-refractivity contribution in [1.29, 1.82) is 0 Å². The Labute approximate surface area is 159 Å². The number of hydrogen-bond acceptors (Lipinski definition) is 5. The van der Waals surface area contributed by atoms with Crippen LogP contribution in [-0.2, 0) is 0 Å². The van der Waals surface area contributed by atoms with Gasteiger partial charge in [0.1, 0.15) is 11.4 Å². The minimum atomic E-state index is -0.291. The fourth-order valence-electron chi connectivity index (χ4n) is 3.44. The van der Waals surface area contributed by atoms with E-state index in [0.717, 1.165) is 24.4 Å².